The molecule has 1 aromatic carbocycles. The molecule has 110 valence electrons. The standard InChI is InChI=1S/C18H28OSi/c1-6-13-16(5)18(17-14-11-10-12-15-17)19-20(7-2,8-3)9-4/h6,10-12,14-15H,1,7-9,13H2,2-5H3/b18-16+. The van der Waals surface area contributed by atoms with Crippen LogP contribution in [0.3, 0.4) is 0 Å². The Hall–Kier alpha value is -1.28. The summed E-state index contributed by atoms with van der Waals surface area (Å²) in [5, 5.41) is 0. The van der Waals surface area contributed by atoms with Crippen molar-refractivity contribution in [2.75, 3.05) is 0 Å². The van der Waals surface area contributed by atoms with Gasteiger partial charge in [0.25, 0.3) is 0 Å². The van der Waals surface area contributed by atoms with Gasteiger partial charge in [-0.2, -0.15) is 0 Å². The lowest BCUT2D eigenvalue weighted by atomic mass is 10.1. The fourth-order valence-electron chi connectivity index (χ4n) is 2.47. The molecule has 1 nitrogen and oxygen atoms in total. The molecule has 0 aliphatic heterocycles. The van der Waals surface area contributed by atoms with Gasteiger partial charge in [-0.1, -0.05) is 57.2 Å². The Morgan fingerprint density at radius 3 is 2.10 bits per heavy atom. The summed E-state index contributed by atoms with van der Waals surface area (Å²) >= 11 is 0. The van der Waals surface area contributed by atoms with Gasteiger partial charge in [-0.05, 0) is 37.0 Å². The van der Waals surface area contributed by atoms with Gasteiger partial charge in [0.2, 0.25) is 8.32 Å². The summed E-state index contributed by atoms with van der Waals surface area (Å²) in [5.74, 6) is 1.09. The molecule has 0 fully saturated rings. The molecule has 0 saturated heterocycles. The third-order valence-electron chi connectivity index (χ3n) is 4.13. The quantitative estimate of drug-likeness (QED) is 0.323. The summed E-state index contributed by atoms with van der Waals surface area (Å²) in [6, 6.07) is 14.0. The highest BCUT2D eigenvalue weighted by atomic mass is 28.4. The highest BCUT2D eigenvalue weighted by Crippen LogP contribution is 2.31. The van der Waals surface area contributed by atoms with Crippen LogP contribution in [0.5, 0.6) is 0 Å². The van der Waals surface area contributed by atoms with Gasteiger partial charge in [0.15, 0.2) is 0 Å². The SMILES string of the molecule is C=CC/C(C)=C(/O[Si](CC)(CC)CC)c1ccccc1. The zero-order valence-electron chi connectivity index (χ0n) is 13.4. The Labute approximate surface area is 125 Å². The molecular formula is C18H28OSi. The molecule has 0 bridgehead atoms. The summed E-state index contributed by atoms with van der Waals surface area (Å²) < 4.78 is 6.66. The van der Waals surface area contributed by atoms with Crippen LogP contribution in [0.1, 0.15) is 39.7 Å². The number of hydrogen-bond acceptors (Lipinski definition) is 1. The molecule has 2 heteroatoms. The number of benzene rings is 1. The first-order valence-electron chi connectivity index (χ1n) is 7.67. The minimum absolute atomic E-state index is 0.881. The molecule has 0 saturated carbocycles. The lowest BCUT2D eigenvalue weighted by molar-refractivity contribution is 0.485. The smallest absolute Gasteiger partial charge is 0.250 e. The molecule has 0 aromatic heterocycles. The normalized spacial score (nSPS) is 12.8. The van der Waals surface area contributed by atoms with Crippen LogP contribution in [0, 0.1) is 0 Å². The van der Waals surface area contributed by atoms with Gasteiger partial charge in [0, 0.05) is 5.56 Å². The van der Waals surface area contributed by atoms with Crippen LogP contribution in [0.15, 0.2) is 48.6 Å². The molecule has 0 atom stereocenters. The lowest BCUT2D eigenvalue weighted by Crippen LogP contribution is -2.35. The van der Waals surface area contributed by atoms with Crippen molar-refractivity contribution in [2.24, 2.45) is 0 Å². The van der Waals surface area contributed by atoms with Crippen molar-refractivity contribution < 1.29 is 4.43 Å². The van der Waals surface area contributed by atoms with Gasteiger partial charge < -0.3 is 4.43 Å². The van der Waals surface area contributed by atoms with Crippen LogP contribution < -0.4 is 0 Å². The Bertz CT molecular complexity index is 435. The first-order chi connectivity index (χ1) is 9.62. The predicted octanol–water partition coefficient (Wildman–Crippen LogP) is 6.02. The third kappa shape index (κ3) is 4.10. The zero-order valence-corrected chi connectivity index (χ0v) is 14.4. The highest BCUT2D eigenvalue weighted by Gasteiger charge is 2.32. The highest BCUT2D eigenvalue weighted by molar-refractivity contribution is 6.74. The van der Waals surface area contributed by atoms with Gasteiger partial charge in [-0.25, -0.2) is 0 Å². The van der Waals surface area contributed by atoms with Gasteiger partial charge in [0.05, 0.1) is 0 Å². The van der Waals surface area contributed by atoms with Gasteiger partial charge >= 0.3 is 0 Å². The van der Waals surface area contributed by atoms with Crippen LogP contribution in [-0.4, -0.2) is 8.32 Å². The Kier molecular flexibility index (Phi) is 6.80. The van der Waals surface area contributed by atoms with Crippen molar-refractivity contribution in [3.63, 3.8) is 0 Å². The molecule has 1 rings (SSSR count). The van der Waals surface area contributed by atoms with Gasteiger partial charge in [-0.15, -0.1) is 6.58 Å². The number of hydrogen-bond donors (Lipinski definition) is 0. The molecule has 1 aromatic rings. The maximum atomic E-state index is 6.66. The van der Waals surface area contributed by atoms with E-state index in [1.54, 1.807) is 0 Å². The fraction of sp³-hybridized carbons (Fsp3) is 0.444. The van der Waals surface area contributed by atoms with Crippen molar-refractivity contribution >= 4 is 14.1 Å². The second kappa shape index (κ2) is 8.10. The van der Waals surface area contributed by atoms with E-state index in [0.29, 0.717) is 0 Å². The topological polar surface area (TPSA) is 9.23 Å². The minimum Gasteiger partial charge on any atom is -0.543 e. The summed E-state index contributed by atoms with van der Waals surface area (Å²) in [6.07, 6.45) is 2.83. The molecule has 0 heterocycles. The Balaban J connectivity index is 3.19. The fourth-order valence-corrected chi connectivity index (χ4v) is 5.13. The predicted molar refractivity (Wildman–Crippen MR) is 92.1 cm³/mol. The molecule has 20 heavy (non-hydrogen) atoms. The minimum atomic E-state index is -1.65. The van der Waals surface area contributed by atoms with Gasteiger partial charge in [-0.3, -0.25) is 0 Å². The first-order valence-corrected chi connectivity index (χ1v) is 10.2. The average Bonchev–Trinajstić information content (AvgIpc) is 2.50. The molecular weight excluding hydrogens is 260 g/mol. The van der Waals surface area contributed by atoms with E-state index in [1.165, 1.54) is 11.1 Å². The van der Waals surface area contributed by atoms with Crippen molar-refractivity contribution in [2.45, 2.75) is 52.2 Å². The monoisotopic (exact) mass is 288 g/mol. The van der Waals surface area contributed by atoms with E-state index in [2.05, 4.69) is 58.5 Å². The molecule has 0 unspecified atom stereocenters. The third-order valence-corrected chi connectivity index (χ3v) is 8.63. The first kappa shape index (κ1) is 16.8. The van der Waals surface area contributed by atoms with Crippen LogP contribution in [0.25, 0.3) is 5.76 Å². The van der Waals surface area contributed by atoms with E-state index in [-0.39, 0.29) is 0 Å². The van der Waals surface area contributed by atoms with E-state index < -0.39 is 8.32 Å². The Morgan fingerprint density at radius 2 is 1.65 bits per heavy atom. The molecule has 0 aliphatic carbocycles. The molecule has 0 spiro atoms. The van der Waals surface area contributed by atoms with E-state index in [0.717, 1.165) is 30.3 Å². The second-order valence-corrected chi connectivity index (χ2v) is 10.0. The second-order valence-electron chi connectivity index (χ2n) is 5.31. The average molecular weight is 289 g/mol. The van der Waals surface area contributed by atoms with Crippen LogP contribution in [0.4, 0.5) is 0 Å². The van der Waals surface area contributed by atoms with Crippen molar-refractivity contribution in [3.05, 3.63) is 54.1 Å². The number of allylic oxidation sites excluding steroid dienone is 2. The van der Waals surface area contributed by atoms with E-state index in [9.17, 15) is 0 Å². The zero-order chi connectivity index (χ0) is 15.0. The summed E-state index contributed by atoms with van der Waals surface area (Å²) in [5.41, 5.74) is 2.47. The van der Waals surface area contributed by atoms with Crippen molar-refractivity contribution in [1.29, 1.82) is 0 Å². The summed E-state index contributed by atoms with van der Waals surface area (Å²) in [6.45, 7) is 12.8. The van der Waals surface area contributed by atoms with Crippen LogP contribution in [-0.2, 0) is 4.43 Å². The van der Waals surface area contributed by atoms with Crippen molar-refractivity contribution in [3.8, 4) is 0 Å². The lowest BCUT2D eigenvalue weighted by Gasteiger charge is -2.31. The van der Waals surface area contributed by atoms with Crippen LogP contribution in [0.2, 0.25) is 18.1 Å². The van der Waals surface area contributed by atoms with E-state index in [1.807, 2.05) is 12.1 Å². The van der Waals surface area contributed by atoms with Crippen molar-refractivity contribution in [1.82, 2.24) is 0 Å². The maximum absolute atomic E-state index is 6.66. The molecule has 0 aliphatic rings. The number of rotatable bonds is 8. The van der Waals surface area contributed by atoms with Gasteiger partial charge in [0.1, 0.15) is 5.76 Å². The molecule has 0 N–H and O–H groups in total. The molecule has 0 radical (unpaired) electrons. The van der Waals surface area contributed by atoms with E-state index >= 15 is 0 Å². The summed E-state index contributed by atoms with van der Waals surface area (Å²) in [7, 11) is -1.65. The molecule has 0 amide bonds. The van der Waals surface area contributed by atoms with Crippen LogP contribution >= 0.6 is 0 Å². The van der Waals surface area contributed by atoms with E-state index in [4.69, 9.17) is 4.43 Å². The maximum Gasteiger partial charge on any atom is 0.250 e. The largest absolute Gasteiger partial charge is 0.543 e. The Morgan fingerprint density at radius 1 is 1.10 bits per heavy atom. The summed E-state index contributed by atoms with van der Waals surface area (Å²) in [4.78, 5) is 0.